The number of pyridine rings is 2. The number of hydrogen-bond donors (Lipinski definition) is 4. The van der Waals surface area contributed by atoms with Crippen molar-refractivity contribution in [3.8, 4) is 11.3 Å². The molecule has 0 bridgehead atoms. The minimum atomic E-state index is -0.760. The normalized spacial score (nSPS) is 23.7. The Balaban J connectivity index is 1.46. The molecule has 1 saturated heterocycles. The zero-order valence-corrected chi connectivity index (χ0v) is 17.9. The van der Waals surface area contributed by atoms with Crippen molar-refractivity contribution < 1.29 is 9.84 Å². The largest absolute Gasteiger partial charge is 0.388 e. The van der Waals surface area contributed by atoms with Gasteiger partial charge >= 0.3 is 0 Å². The van der Waals surface area contributed by atoms with Gasteiger partial charge in [-0.25, -0.2) is 9.97 Å². The summed E-state index contributed by atoms with van der Waals surface area (Å²) in [6.45, 7) is 1.61. The Morgan fingerprint density at radius 3 is 2.70 bits per heavy atom. The molecule has 0 atom stereocenters. The highest BCUT2D eigenvalue weighted by Crippen LogP contribution is 2.30. The van der Waals surface area contributed by atoms with Crippen molar-refractivity contribution in [2.75, 3.05) is 30.4 Å². The lowest BCUT2D eigenvalue weighted by Crippen LogP contribution is -2.42. The van der Waals surface area contributed by atoms with Crippen LogP contribution in [-0.4, -0.2) is 52.5 Å². The van der Waals surface area contributed by atoms with E-state index in [9.17, 15) is 5.11 Å². The third kappa shape index (κ3) is 5.40. The fourth-order valence-electron chi connectivity index (χ4n) is 4.05. The molecule has 2 fully saturated rings. The molecule has 2 aromatic heterocycles. The molecule has 162 valence electrons. The van der Waals surface area contributed by atoms with Gasteiger partial charge in [-0.2, -0.15) is 0 Å². The average Bonchev–Trinajstić information content (AvgIpc) is 2.76. The van der Waals surface area contributed by atoms with Crippen molar-refractivity contribution >= 4 is 23.2 Å². The van der Waals surface area contributed by atoms with Gasteiger partial charge in [0.05, 0.1) is 16.3 Å². The molecule has 0 amide bonds. The summed E-state index contributed by atoms with van der Waals surface area (Å²) >= 11 is 6.44. The number of hydrogen-bond acceptors (Lipinski definition) is 7. The van der Waals surface area contributed by atoms with E-state index in [1.165, 1.54) is 0 Å². The Kier molecular flexibility index (Phi) is 6.73. The summed E-state index contributed by atoms with van der Waals surface area (Å²) in [4.78, 5) is 9.15. The van der Waals surface area contributed by atoms with Crippen LogP contribution in [0.3, 0.4) is 0 Å². The number of rotatable bonds is 6. The molecule has 30 heavy (non-hydrogen) atoms. The van der Waals surface area contributed by atoms with Crippen molar-refractivity contribution in [2.45, 2.75) is 56.2 Å². The van der Waals surface area contributed by atoms with Gasteiger partial charge in [0.25, 0.3) is 0 Å². The Morgan fingerprint density at radius 2 is 1.93 bits per heavy atom. The van der Waals surface area contributed by atoms with E-state index in [0.717, 1.165) is 42.8 Å². The Labute approximate surface area is 182 Å². The number of nitrogens with two attached hydrogens (primary N) is 1. The summed E-state index contributed by atoms with van der Waals surface area (Å²) < 4.78 is 5.34. The lowest BCUT2D eigenvalue weighted by atomic mass is 9.92. The van der Waals surface area contributed by atoms with Gasteiger partial charge in [0.1, 0.15) is 11.6 Å². The highest BCUT2D eigenvalue weighted by atomic mass is 35.5. The van der Waals surface area contributed by atoms with Crippen LogP contribution in [-0.2, 0) is 4.74 Å². The molecule has 0 aromatic carbocycles. The number of nitrogens with one attached hydrogen (secondary N) is 2. The van der Waals surface area contributed by atoms with E-state index in [2.05, 4.69) is 15.6 Å². The molecule has 0 radical (unpaired) electrons. The van der Waals surface area contributed by atoms with E-state index in [1.54, 1.807) is 6.20 Å². The van der Waals surface area contributed by atoms with Crippen LogP contribution in [0.1, 0.15) is 38.5 Å². The smallest absolute Gasteiger partial charge is 0.126 e. The van der Waals surface area contributed by atoms with Gasteiger partial charge in [-0.15, -0.1) is 0 Å². The highest BCUT2D eigenvalue weighted by Gasteiger charge is 2.29. The van der Waals surface area contributed by atoms with E-state index < -0.39 is 5.60 Å². The van der Waals surface area contributed by atoms with Crippen molar-refractivity contribution in [2.24, 2.45) is 5.73 Å². The summed E-state index contributed by atoms with van der Waals surface area (Å²) in [6, 6.07) is 8.41. The van der Waals surface area contributed by atoms with E-state index in [0.29, 0.717) is 55.5 Å². The summed E-state index contributed by atoms with van der Waals surface area (Å²) in [7, 11) is 0. The average molecular weight is 432 g/mol. The summed E-state index contributed by atoms with van der Waals surface area (Å²) in [5.41, 5.74) is 6.84. The Hall–Kier alpha value is -1.93. The van der Waals surface area contributed by atoms with E-state index in [1.807, 2.05) is 24.3 Å². The van der Waals surface area contributed by atoms with Crippen molar-refractivity contribution in [3.05, 3.63) is 35.5 Å². The molecule has 3 heterocycles. The van der Waals surface area contributed by atoms with Crippen LogP contribution in [0.4, 0.5) is 11.6 Å². The summed E-state index contributed by atoms with van der Waals surface area (Å²) in [6.07, 6.45) is 7.07. The molecule has 1 aliphatic carbocycles. The maximum atomic E-state index is 10.7. The van der Waals surface area contributed by atoms with Crippen LogP contribution in [0.2, 0.25) is 5.02 Å². The number of anilines is 2. The number of aromatic nitrogens is 2. The standard InChI is InChI=1S/C22H30ClN5O2/c23-18-13-25-21(27-16-6-4-15(24)5-7-16)12-17(18)19-2-1-3-20(28-19)26-14-22(29)8-10-30-11-9-22/h1-3,12-13,15-16,29H,4-11,14,24H2,(H,25,27)(H,26,28). The third-order valence-electron chi connectivity index (χ3n) is 6.03. The molecule has 5 N–H and O–H groups in total. The monoisotopic (exact) mass is 431 g/mol. The molecule has 2 aliphatic rings. The summed E-state index contributed by atoms with van der Waals surface area (Å²) in [5, 5.41) is 18.0. The zero-order valence-electron chi connectivity index (χ0n) is 17.1. The second kappa shape index (κ2) is 9.47. The predicted octanol–water partition coefficient (Wildman–Crippen LogP) is 3.43. The quantitative estimate of drug-likeness (QED) is 0.555. The zero-order chi connectivity index (χ0) is 21.0. The van der Waals surface area contributed by atoms with Gasteiger partial charge in [-0.1, -0.05) is 17.7 Å². The lowest BCUT2D eigenvalue weighted by molar-refractivity contribution is -0.0543. The van der Waals surface area contributed by atoms with Crippen LogP contribution in [0, 0.1) is 0 Å². The van der Waals surface area contributed by atoms with Crippen LogP contribution in [0.5, 0.6) is 0 Å². The second-order valence-electron chi connectivity index (χ2n) is 8.40. The van der Waals surface area contributed by atoms with E-state index in [-0.39, 0.29) is 0 Å². The highest BCUT2D eigenvalue weighted by molar-refractivity contribution is 6.33. The maximum Gasteiger partial charge on any atom is 0.126 e. The fraction of sp³-hybridized carbons (Fsp3) is 0.545. The minimum absolute atomic E-state index is 0.315. The van der Waals surface area contributed by atoms with Crippen LogP contribution in [0.15, 0.2) is 30.5 Å². The Morgan fingerprint density at radius 1 is 1.17 bits per heavy atom. The van der Waals surface area contributed by atoms with Gasteiger partial charge in [0.15, 0.2) is 0 Å². The van der Waals surface area contributed by atoms with Gasteiger partial charge in [0, 0.05) is 56.4 Å². The van der Waals surface area contributed by atoms with Gasteiger partial charge in [-0.05, 0) is 43.9 Å². The van der Waals surface area contributed by atoms with Crippen LogP contribution >= 0.6 is 11.6 Å². The molecule has 0 unspecified atom stereocenters. The molecule has 4 rings (SSSR count). The molecule has 1 saturated carbocycles. The number of nitrogens with zero attached hydrogens (tertiary/aromatic N) is 2. The Bertz CT molecular complexity index is 851. The van der Waals surface area contributed by atoms with Gasteiger partial charge in [-0.3, -0.25) is 0 Å². The third-order valence-corrected chi connectivity index (χ3v) is 6.33. The predicted molar refractivity (Wildman–Crippen MR) is 120 cm³/mol. The van der Waals surface area contributed by atoms with Crippen molar-refractivity contribution in [1.82, 2.24) is 9.97 Å². The topological polar surface area (TPSA) is 105 Å². The minimum Gasteiger partial charge on any atom is -0.388 e. The molecular formula is C22H30ClN5O2. The maximum absolute atomic E-state index is 10.7. The lowest BCUT2D eigenvalue weighted by Gasteiger charge is -2.32. The van der Waals surface area contributed by atoms with Crippen molar-refractivity contribution in [3.63, 3.8) is 0 Å². The molecule has 0 spiro atoms. The molecule has 7 nitrogen and oxygen atoms in total. The SMILES string of the molecule is NC1CCC(Nc2cc(-c3cccc(NCC4(O)CCOCC4)n3)c(Cl)cn2)CC1. The molecular weight excluding hydrogens is 402 g/mol. The van der Waals surface area contributed by atoms with Gasteiger partial charge < -0.3 is 26.2 Å². The molecule has 2 aromatic rings. The number of halogens is 1. The molecule has 8 heteroatoms. The molecule has 1 aliphatic heterocycles. The first-order chi connectivity index (χ1) is 14.5. The van der Waals surface area contributed by atoms with E-state index in [4.69, 9.17) is 27.1 Å². The second-order valence-corrected chi connectivity index (χ2v) is 8.81. The van der Waals surface area contributed by atoms with Gasteiger partial charge in [0.2, 0.25) is 0 Å². The first-order valence-electron chi connectivity index (χ1n) is 10.7. The fourth-order valence-corrected chi connectivity index (χ4v) is 4.25. The van der Waals surface area contributed by atoms with Crippen molar-refractivity contribution in [1.29, 1.82) is 0 Å². The first-order valence-corrected chi connectivity index (χ1v) is 11.1. The van der Waals surface area contributed by atoms with Crippen LogP contribution < -0.4 is 16.4 Å². The van der Waals surface area contributed by atoms with E-state index >= 15 is 0 Å². The van der Waals surface area contributed by atoms with Crippen LogP contribution in [0.25, 0.3) is 11.3 Å². The first kappa shape index (κ1) is 21.3. The summed E-state index contributed by atoms with van der Waals surface area (Å²) in [5.74, 6) is 1.50. The number of aliphatic hydroxyl groups is 1. The number of ether oxygens (including phenoxy) is 1.